The number of benzene rings is 1. The lowest BCUT2D eigenvalue weighted by Gasteiger charge is -2.15. The average Bonchev–Trinajstić information content (AvgIpc) is 3.16. The van der Waals surface area contributed by atoms with Gasteiger partial charge in [0.2, 0.25) is 0 Å². The second-order valence-electron chi connectivity index (χ2n) is 6.15. The van der Waals surface area contributed by atoms with E-state index in [1.165, 1.54) is 0 Å². The Labute approximate surface area is 146 Å². The summed E-state index contributed by atoms with van der Waals surface area (Å²) in [6.45, 7) is 6.58. The number of nitrogens with zero attached hydrogens (tertiary/aromatic N) is 4. The number of carbonyl (C=O) groups is 1. The summed E-state index contributed by atoms with van der Waals surface area (Å²) >= 11 is 0. The molecule has 7 nitrogen and oxygen atoms in total. The molecule has 0 spiro atoms. The number of aryl methyl sites for hydroxylation is 2. The van der Waals surface area contributed by atoms with Gasteiger partial charge in [-0.1, -0.05) is 6.07 Å². The second-order valence-corrected chi connectivity index (χ2v) is 6.15. The Morgan fingerprint density at radius 2 is 2.12 bits per heavy atom. The molecule has 3 rings (SSSR count). The van der Waals surface area contributed by atoms with Crippen molar-refractivity contribution < 1.29 is 4.79 Å². The number of anilines is 1. The maximum Gasteiger partial charge on any atom is 0.319 e. The van der Waals surface area contributed by atoms with Gasteiger partial charge < -0.3 is 15.2 Å². The minimum absolute atomic E-state index is 0.0200. The summed E-state index contributed by atoms with van der Waals surface area (Å²) in [4.78, 5) is 16.2. The van der Waals surface area contributed by atoms with Gasteiger partial charge in [-0.25, -0.2) is 14.5 Å². The Hall–Kier alpha value is -3.09. The molecule has 0 aliphatic heterocycles. The van der Waals surface area contributed by atoms with Gasteiger partial charge in [0.25, 0.3) is 0 Å². The number of hydrogen-bond donors (Lipinski definition) is 2. The molecule has 0 aliphatic rings. The highest BCUT2D eigenvalue weighted by atomic mass is 16.2. The Morgan fingerprint density at radius 3 is 2.80 bits per heavy atom. The van der Waals surface area contributed by atoms with Crippen LogP contribution in [0.4, 0.5) is 10.5 Å². The van der Waals surface area contributed by atoms with Gasteiger partial charge in [0.05, 0.1) is 17.7 Å². The number of carbonyl (C=O) groups excluding carboxylic acids is 1. The summed E-state index contributed by atoms with van der Waals surface area (Å²) in [5.41, 5.74) is 3.64. The van der Waals surface area contributed by atoms with E-state index in [-0.39, 0.29) is 12.1 Å². The molecular weight excluding hydrogens is 316 g/mol. The summed E-state index contributed by atoms with van der Waals surface area (Å²) < 4.78 is 3.79. The van der Waals surface area contributed by atoms with Crippen LogP contribution < -0.4 is 10.6 Å². The predicted octanol–water partition coefficient (Wildman–Crippen LogP) is 2.90. The third kappa shape index (κ3) is 4.26. The summed E-state index contributed by atoms with van der Waals surface area (Å²) in [6.07, 6.45) is 5.32. The Balaban J connectivity index is 1.63. The zero-order valence-electron chi connectivity index (χ0n) is 14.6. The van der Waals surface area contributed by atoms with E-state index in [0.717, 1.165) is 22.8 Å². The summed E-state index contributed by atoms with van der Waals surface area (Å²) in [6, 6.07) is 9.38. The van der Waals surface area contributed by atoms with Crippen molar-refractivity contribution in [2.45, 2.75) is 33.4 Å². The maximum absolute atomic E-state index is 12.2. The van der Waals surface area contributed by atoms with Crippen molar-refractivity contribution in [2.24, 2.45) is 0 Å². The quantitative estimate of drug-likeness (QED) is 0.751. The smallest absolute Gasteiger partial charge is 0.319 e. The molecule has 1 atom stereocenters. The summed E-state index contributed by atoms with van der Waals surface area (Å²) in [7, 11) is 0. The van der Waals surface area contributed by atoms with Crippen LogP contribution in [0, 0.1) is 13.8 Å². The Kier molecular flexibility index (Phi) is 4.83. The first kappa shape index (κ1) is 16.8. The van der Waals surface area contributed by atoms with E-state index in [1.54, 1.807) is 12.5 Å². The average molecular weight is 338 g/mol. The van der Waals surface area contributed by atoms with E-state index >= 15 is 0 Å². The molecule has 0 radical (unpaired) electrons. The molecule has 2 heterocycles. The monoisotopic (exact) mass is 338 g/mol. The van der Waals surface area contributed by atoms with Crippen molar-refractivity contribution in [3.63, 3.8) is 0 Å². The topological polar surface area (TPSA) is 76.8 Å². The first-order valence-electron chi connectivity index (χ1n) is 8.18. The van der Waals surface area contributed by atoms with Crippen LogP contribution in [-0.2, 0) is 6.54 Å². The number of imidazole rings is 1. The molecule has 0 saturated heterocycles. The van der Waals surface area contributed by atoms with E-state index in [1.807, 2.05) is 66.5 Å². The van der Waals surface area contributed by atoms with E-state index in [0.29, 0.717) is 6.54 Å². The third-order valence-corrected chi connectivity index (χ3v) is 3.78. The number of hydrogen-bond acceptors (Lipinski definition) is 3. The van der Waals surface area contributed by atoms with Crippen LogP contribution >= 0.6 is 0 Å². The van der Waals surface area contributed by atoms with E-state index in [4.69, 9.17) is 0 Å². The third-order valence-electron chi connectivity index (χ3n) is 3.78. The SMILES string of the molecule is Cc1cc(C)n(-c2cccc(NC(=O)N[C@H](C)Cn3ccnc3)c2)n1. The van der Waals surface area contributed by atoms with Gasteiger partial charge in [-0.05, 0) is 45.0 Å². The lowest BCUT2D eigenvalue weighted by molar-refractivity contribution is 0.248. The van der Waals surface area contributed by atoms with Crippen molar-refractivity contribution in [2.75, 3.05) is 5.32 Å². The molecule has 0 bridgehead atoms. The highest BCUT2D eigenvalue weighted by molar-refractivity contribution is 5.89. The van der Waals surface area contributed by atoms with Gasteiger partial charge in [0.1, 0.15) is 0 Å². The molecule has 25 heavy (non-hydrogen) atoms. The fourth-order valence-electron chi connectivity index (χ4n) is 2.75. The normalized spacial score (nSPS) is 12.0. The van der Waals surface area contributed by atoms with Gasteiger partial charge in [0, 0.05) is 36.4 Å². The van der Waals surface area contributed by atoms with Crippen LogP contribution in [0.1, 0.15) is 18.3 Å². The Bertz CT molecular complexity index is 852. The molecule has 2 amide bonds. The number of urea groups is 1. The van der Waals surface area contributed by atoms with E-state index in [2.05, 4.69) is 20.7 Å². The molecule has 2 aromatic heterocycles. The molecule has 0 aliphatic carbocycles. The molecular formula is C18H22N6O. The lowest BCUT2D eigenvalue weighted by atomic mass is 10.2. The fourth-order valence-corrected chi connectivity index (χ4v) is 2.75. The number of nitrogens with one attached hydrogen (secondary N) is 2. The van der Waals surface area contributed by atoms with Crippen molar-refractivity contribution in [1.82, 2.24) is 24.6 Å². The van der Waals surface area contributed by atoms with E-state index in [9.17, 15) is 4.79 Å². The van der Waals surface area contributed by atoms with Gasteiger partial charge >= 0.3 is 6.03 Å². The standard InChI is InChI=1S/C18H22N6O/c1-13-9-15(3)24(22-13)17-6-4-5-16(10-17)21-18(25)20-14(2)11-23-8-7-19-12-23/h4-10,12,14H,11H2,1-3H3,(H2,20,21,25)/t14-/m1/s1. The van der Waals surface area contributed by atoms with Gasteiger partial charge in [-0.15, -0.1) is 0 Å². The molecule has 7 heteroatoms. The van der Waals surface area contributed by atoms with Gasteiger partial charge in [0.15, 0.2) is 0 Å². The van der Waals surface area contributed by atoms with Crippen LogP contribution in [0.3, 0.4) is 0 Å². The minimum atomic E-state index is -0.238. The zero-order valence-corrected chi connectivity index (χ0v) is 14.6. The maximum atomic E-state index is 12.2. The first-order valence-corrected chi connectivity index (χ1v) is 8.18. The highest BCUT2D eigenvalue weighted by Crippen LogP contribution is 2.16. The minimum Gasteiger partial charge on any atom is -0.335 e. The second kappa shape index (κ2) is 7.21. The van der Waals surface area contributed by atoms with Crippen molar-refractivity contribution >= 4 is 11.7 Å². The predicted molar refractivity (Wildman–Crippen MR) is 96.9 cm³/mol. The number of rotatable bonds is 5. The first-order chi connectivity index (χ1) is 12.0. The van der Waals surface area contributed by atoms with Crippen LogP contribution in [-0.4, -0.2) is 31.4 Å². The van der Waals surface area contributed by atoms with Crippen molar-refractivity contribution in [3.05, 3.63) is 60.4 Å². The Morgan fingerprint density at radius 1 is 1.28 bits per heavy atom. The van der Waals surface area contributed by atoms with Crippen LogP contribution in [0.5, 0.6) is 0 Å². The van der Waals surface area contributed by atoms with Gasteiger partial charge in [-0.2, -0.15) is 5.10 Å². The zero-order chi connectivity index (χ0) is 17.8. The summed E-state index contributed by atoms with van der Waals surface area (Å²) in [5, 5.41) is 10.3. The fraction of sp³-hybridized carbons (Fsp3) is 0.278. The molecule has 1 aromatic carbocycles. The number of amides is 2. The van der Waals surface area contributed by atoms with Crippen molar-refractivity contribution in [3.8, 4) is 5.69 Å². The molecule has 0 unspecified atom stereocenters. The molecule has 3 aromatic rings. The summed E-state index contributed by atoms with van der Waals surface area (Å²) in [5.74, 6) is 0. The largest absolute Gasteiger partial charge is 0.335 e. The van der Waals surface area contributed by atoms with Crippen LogP contribution in [0.15, 0.2) is 49.1 Å². The lowest BCUT2D eigenvalue weighted by Crippen LogP contribution is -2.38. The highest BCUT2D eigenvalue weighted by Gasteiger charge is 2.09. The molecule has 0 fully saturated rings. The number of aromatic nitrogens is 4. The van der Waals surface area contributed by atoms with E-state index < -0.39 is 0 Å². The molecule has 0 saturated carbocycles. The molecule has 130 valence electrons. The van der Waals surface area contributed by atoms with Crippen LogP contribution in [0.25, 0.3) is 5.69 Å². The molecule has 2 N–H and O–H groups in total. The van der Waals surface area contributed by atoms with Gasteiger partial charge in [-0.3, -0.25) is 0 Å². The van der Waals surface area contributed by atoms with Crippen LogP contribution in [0.2, 0.25) is 0 Å². The van der Waals surface area contributed by atoms with Crippen molar-refractivity contribution in [1.29, 1.82) is 0 Å².